The van der Waals surface area contributed by atoms with E-state index in [2.05, 4.69) is 38.1 Å². The van der Waals surface area contributed by atoms with Crippen LogP contribution in [0.25, 0.3) is 0 Å². The minimum Gasteiger partial charge on any atom is -0.328 e. The van der Waals surface area contributed by atoms with Crippen molar-refractivity contribution in [1.82, 2.24) is 0 Å². The Labute approximate surface area is 74.6 Å². The van der Waals surface area contributed by atoms with Crippen molar-refractivity contribution in [2.24, 2.45) is 11.7 Å². The van der Waals surface area contributed by atoms with Crippen molar-refractivity contribution in [3.63, 3.8) is 0 Å². The van der Waals surface area contributed by atoms with Crippen molar-refractivity contribution >= 4 is 0 Å². The predicted octanol–water partition coefficient (Wildman–Crippen LogP) is 2.21. The number of hydrogen-bond donors (Lipinski definition) is 1. The fourth-order valence-electron chi connectivity index (χ4n) is 1.17. The van der Waals surface area contributed by atoms with Crippen LogP contribution in [0.5, 0.6) is 0 Å². The normalized spacial score (nSPS) is 15.6. The lowest BCUT2D eigenvalue weighted by Gasteiger charge is -2.14. The lowest BCUT2D eigenvalue weighted by molar-refractivity contribution is 0.482. The lowest BCUT2D eigenvalue weighted by Crippen LogP contribution is -2.25. The highest BCUT2D eigenvalue weighted by Gasteiger charge is 2.07. The van der Waals surface area contributed by atoms with E-state index in [-0.39, 0.29) is 6.04 Å². The summed E-state index contributed by atoms with van der Waals surface area (Å²) in [5, 5.41) is 0. The molecule has 0 saturated heterocycles. The van der Waals surface area contributed by atoms with Gasteiger partial charge in [-0.25, -0.2) is 0 Å². The van der Waals surface area contributed by atoms with Crippen molar-refractivity contribution in [1.29, 1.82) is 0 Å². The molecule has 0 saturated carbocycles. The van der Waals surface area contributed by atoms with Gasteiger partial charge in [0.05, 0.1) is 0 Å². The van der Waals surface area contributed by atoms with E-state index >= 15 is 0 Å². The zero-order valence-corrected chi connectivity index (χ0v) is 7.83. The largest absolute Gasteiger partial charge is 0.328 e. The molecular weight excluding hydrogens is 146 g/mol. The van der Waals surface area contributed by atoms with E-state index in [9.17, 15) is 0 Å². The molecule has 2 atom stereocenters. The molecule has 0 amide bonds. The minimum absolute atomic E-state index is 0.283. The SMILES string of the molecule is CC(N)[C@@H](C)Cc1ccccc1. The first-order valence-electron chi connectivity index (χ1n) is 4.49. The Morgan fingerprint density at radius 3 is 2.25 bits per heavy atom. The Morgan fingerprint density at radius 2 is 1.75 bits per heavy atom. The van der Waals surface area contributed by atoms with Gasteiger partial charge in [-0.2, -0.15) is 0 Å². The molecule has 1 nitrogen and oxygen atoms in total. The molecule has 0 aliphatic heterocycles. The maximum Gasteiger partial charge on any atom is 0.00393 e. The molecule has 0 bridgehead atoms. The number of hydrogen-bond acceptors (Lipinski definition) is 1. The average Bonchev–Trinajstić information content (AvgIpc) is 2.06. The molecule has 0 fully saturated rings. The minimum atomic E-state index is 0.283. The fourth-order valence-corrected chi connectivity index (χ4v) is 1.17. The van der Waals surface area contributed by atoms with Gasteiger partial charge in [0.25, 0.3) is 0 Å². The zero-order chi connectivity index (χ0) is 8.97. The third-order valence-corrected chi connectivity index (χ3v) is 2.30. The topological polar surface area (TPSA) is 26.0 Å². The molecule has 0 heterocycles. The van der Waals surface area contributed by atoms with Crippen molar-refractivity contribution < 1.29 is 0 Å². The molecule has 0 aliphatic rings. The van der Waals surface area contributed by atoms with E-state index in [1.165, 1.54) is 5.56 Å². The summed E-state index contributed by atoms with van der Waals surface area (Å²) in [5.41, 5.74) is 7.16. The molecule has 0 aromatic heterocycles. The van der Waals surface area contributed by atoms with Crippen LogP contribution in [-0.2, 0) is 6.42 Å². The Bertz CT molecular complexity index is 216. The van der Waals surface area contributed by atoms with E-state index in [0.717, 1.165) is 6.42 Å². The van der Waals surface area contributed by atoms with Crippen molar-refractivity contribution in [2.45, 2.75) is 26.3 Å². The van der Waals surface area contributed by atoms with Crippen molar-refractivity contribution in [2.75, 3.05) is 0 Å². The molecule has 66 valence electrons. The summed E-state index contributed by atoms with van der Waals surface area (Å²) in [4.78, 5) is 0. The molecule has 1 aromatic rings. The van der Waals surface area contributed by atoms with Crippen LogP contribution in [0, 0.1) is 5.92 Å². The van der Waals surface area contributed by atoms with E-state index in [4.69, 9.17) is 5.73 Å². The van der Waals surface area contributed by atoms with Crippen molar-refractivity contribution in [3.05, 3.63) is 35.9 Å². The van der Waals surface area contributed by atoms with Crippen LogP contribution < -0.4 is 5.73 Å². The van der Waals surface area contributed by atoms with Gasteiger partial charge >= 0.3 is 0 Å². The molecule has 1 heteroatoms. The maximum absolute atomic E-state index is 5.78. The molecule has 1 rings (SSSR count). The molecular formula is C11H17N. The standard InChI is InChI=1S/C11H17N/c1-9(10(2)12)8-11-6-4-3-5-7-11/h3-7,9-10H,8,12H2,1-2H3/t9-,10?/m0/s1. The van der Waals surface area contributed by atoms with Gasteiger partial charge in [-0.1, -0.05) is 37.3 Å². The van der Waals surface area contributed by atoms with Crippen LogP contribution >= 0.6 is 0 Å². The van der Waals surface area contributed by atoms with Gasteiger partial charge in [0.1, 0.15) is 0 Å². The van der Waals surface area contributed by atoms with E-state index < -0.39 is 0 Å². The van der Waals surface area contributed by atoms with Crippen LogP contribution in [0.2, 0.25) is 0 Å². The zero-order valence-electron chi connectivity index (χ0n) is 7.83. The van der Waals surface area contributed by atoms with Gasteiger partial charge in [-0.15, -0.1) is 0 Å². The summed E-state index contributed by atoms with van der Waals surface area (Å²) in [6, 6.07) is 10.8. The summed E-state index contributed by atoms with van der Waals surface area (Å²) in [7, 11) is 0. The average molecular weight is 163 g/mol. The van der Waals surface area contributed by atoms with Gasteiger partial charge in [0.2, 0.25) is 0 Å². The molecule has 1 aromatic carbocycles. The third kappa shape index (κ3) is 2.67. The Hall–Kier alpha value is -0.820. The van der Waals surface area contributed by atoms with Gasteiger partial charge in [0, 0.05) is 6.04 Å². The van der Waals surface area contributed by atoms with Gasteiger partial charge in [0.15, 0.2) is 0 Å². The van der Waals surface area contributed by atoms with Gasteiger partial charge in [-0.05, 0) is 24.8 Å². The number of benzene rings is 1. The summed E-state index contributed by atoms with van der Waals surface area (Å²) in [6.07, 6.45) is 1.08. The van der Waals surface area contributed by atoms with E-state index in [1.54, 1.807) is 0 Å². The molecule has 0 aliphatic carbocycles. The Kier molecular flexibility index (Phi) is 3.30. The summed E-state index contributed by atoms with van der Waals surface area (Å²) in [5.74, 6) is 0.562. The van der Waals surface area contributed by atoms with E-state index in [1.807, 2.05) is 6.07 Å². The maximum atomic E-state index is 5.78. The third-order valence-electron chi connectivity index (χ3n) is 2.30. The second kappa shape index (κ2) is 4.27. The Balaban J connectivity index is 2.53. The number of nitrogens with two attached hydrogens (primary N) is 1. The molecule has 0 spiro atoms. The highest BCUT2D eigenvalue weighted by Crippen LogP contribution is 2.09. The quantitative estimate of drug-likeness (QED) is 0.726. The van der Waals surface area contributed by atoms with Gasteiger partial charge < -0.3 is 5.73 Å². The summed E-state index contributed by atoms with van der Waals surface area (Å²) < 4.78 is 0. The van der Waals surface area contributed by atoms with Gasteiger partial charge in [-0.3, -0.25) is 0 Å². The fraction of sp³-hybridized carbons (Fsp3) is 0.455. The monoisotopic (exact) mass is 163 g/mol. The lowest BCUT2D eigenvalue weighted by atomic mass is 9.96. The van der Waals surface area contributed by atoms with Crippen molar-refractivity contribution in [3.8, 4) is 0 Å². The van der Waals surface area contributed by atoms with Crippen LogP contribution in [0.15, 0.2) is 30.3 Å². The molecule has 12 heavy (non-hydrogen) atoms. The smallest absolute Gasteiger partial charge is 0.00393 e. The highest BCUT2D eigenvalue weighted by molar-refractivity contribution is 5.15. The van der Waals surface area contributed by atoms with Crippen LogP contribution in [0.3, 0.4) is 0 Å². The first-order chi connectivity index (χ1) is 5.70. The highest BCUT2D eigenvalue weighted by atomic mass is 14.6. The Morgan fingerprint density at radius 1 is 1.17 bits per heavy atom. The summed E-state index contributed by atoms with van der Waals surface area (Å²) >= 11 is 0. The van der Waals surface area contributed by atoms with Crippen LogP contribution in [-0.4, -0.2) is 6.04 Å². The molecule has 2 N–H and O–H groups in total. The first-order valence-corrected chi connectivity index (χ1v) is 4.49. The second-order valence-corrected chi connectivity index (χ2v) is 3.53. The van der Waals surface area contributed by atoms with Crippen LogP contribution in [0.4, 0.5) is 0 Å². The molecule has 0 radical (unpaired) electrons. The number of rotatable bonds is 3. The summed E-state index contributed by atoms with van der Waals surface area (Å²) in [6.45, 7) is 4.26. The first kappa shape index (κ1) is 9.27. The predicted molar refractivity (Wildman–Crippen MR) is 53.0 cm³/mol. The van der Waals surface area contributed by atoms with E-state index in [0.29, 0.717) is 5.92 Å². The molecule has 1 unspecified atom stereocenters. The second-order valence-electron chi connectivity index (χ2n) is 3.53. The van der Waals surface area contributed by atoms with Crippen LogP contribution in [0.1, 0.15) is 19.4 Å².